The molecule has 8 heteroatoms. The number of nitrogens with zero attached hydrogens (tertiary/aromatic N) is 3. The van der Waals surface area contributed by atoms with Gasteiger partial charge in [-0.15, -0.1) is 11.3 Å². The Morgan fingerprint density at radius 1 is 0.897 bits per heavy atom. The molecule has 5 aliphatic rings. The normalized spacial score (nSPS) is 31.2. The van der Waals surface area contributed by atoms with Crippen molar-refractivity contribution in [3.63, 3.8) is 0 Å². The smallest absolute Gasteiger partial charge is 0.327 e. The third-order valence-electron chi connectivity index (χ3n) is 10.8. The van der Waals surface area contributed by atoms with Crippen molar-refractivity contribution in [3.05, 3.63) is 15.8 Å². The van der Waals surface area contributed by atoms with Crippen LogP contribution < -0.4 is 4.90 Å². The van der Waals surface area contributed by atoms with E-state index >= 15 is 0 Å². The Morgan fingerprint density at radius 2 is 1.54 bits per heavy atom. The highest BCUT2D eigenvalue weighted by Crippen LogP contribution is 2.49. The third-order valence-corrected chi connectivity index (χ3v) is 13.4. The fourth-order valence-electron chi connectivity index (χ4n) is 7.93. The van der Waals surface area contributed by atoms with Crippen LogP contribution in [0.1, 0.15) is 113 Å². The molecular formula is C31H45N3O3S2. The SMILES string of the molecule is CC1CCC(C2=S=C(O)c3sc(C4CCC(C)(C)CC4)cc3N2C2CCC3(CC2)C(=O)N(C)C(=O)N3C)CC1. The monoisotopic (exact) mass is 571 g/mol. The molecule has 3 heterocycles. The number of thiophene rings is 1. The summed E-state index contributed by atoms with van der Waals surface area (Å²) in [4.78, 5) is 35.2. The van der Waals surface area contributed by atoms with Crippen LogP contribution >= 0.6 is 22.3 Å². The number of aliphatic hydroxyl groups excluding tert-OH is 1. The van der Waals surface area contributed by atoms with E-state index in [1.807, 2.05) is 11.3 Å². The Hall–Kier alpha value is -1.64. The quantitative estimate of drug-likeness (QED) is 0.308. The number of imide groups is 1. The van der Waals surface area contributed by atoms with Gasteiger partial charge in [0.15, 0.2) is 0 Å². The fraction of sp³-hybridized carbons (Fsp3) is 0.742. The topological polar surface area (TPSA) is 64.1 Å². The van der Waals surface area contributed by atoms with E-state index in [9.17, 15) is 14.7 Å². The first-order chi connectivity index (χ1) is 18.5. The molecule has 39 heavy (non-hydrogen) atoms. The number of aliphatic hydroxyl groups is 1. The molecular weight excluding hydrogens is 526 g/mol. The van der Waals surface area contributed by atoms with Gasteiger partial charge in [0.25, 0.3) is 5.91 Å². The largest absolute Gasteiger partial charge is 0.351 e. The number of likely N-dealkylation sites (N-methyl/N-ethyl adjacent to an activating group) is 2. The molecule has 3 aliphatic carbocycles. The van der Waals surface area contributed by atoms with Crippen LogP contribution in [0.15, 0.2) is 6.07 Å². The average Bonchev–Trinajstić information content (AvgIpc) is 3.43. The van der Waals surface area contributed by atoms with Crippen LogP contribution in [-0.4, -0.2) is 62.6 Å². The van der Waals surface area contributed by atoms with Crippen LogP contribution in [0.4, 0.5) is 10.5 Å². The first-order valence-electron chi connectivity index (χ1n) is 15.1. The maximum Gasteiger partial charge on any atom is 0.327 e. The van der Waals surface area contributed by atoms with E-state index in [-0.39, 0.29) is 18.0 Å². The lowest BCUT2D eigenvalue weighted by molar-refractivity contribution is -0.133. The summed E-state index contributed by atoms with van der Waals surface area (Å²) >= 11 is 1.81. The van der Waals surface area contributed by atoms with E-state index in [0.29, 0.717) is 35.1 Å². The van der Waals surface area contributed by atoms with Crippen molar-refractivity contribution in [2.24, 2.45) is 17.3 Å². The number of amides is 3. The highest BCUT2D eigenvalue weighted by Gasteiger charge is 2.56. The van der Waals surface area contributed by atoms with Crippen LogP contribution in [0.25, 0.3) is 0 Å². The van der Waals surface area contributed by atoms with Gasteiger partial charge in [-0.05, 0) is 87.5 Å². The third kappa shape index (κ3) is 4.62. The number of rotatable bonds is 3. The van der Waals surface area contributed by atoms with Crippen molar-refractivity contribution < 1.29 is 14.7 Å². The van der Waals surface area contributed by atoms with Crippen LogP contribution in [0.2, 0.25) is 0 Å². The molecule has 0 atom stereocenters. The lowest BCUT2D eigenvalue weighted by atomic mass is 9.73. The van der Waals surface area contributed by atoms with E-state index in [0.717, 1.165) is 23.6 Å². The van der Waals surface area contributed by atoms with Crippen molar-refractivity contribution in [2.45, 2.75) is 115 Å². The predicted molar refractivity (Wildman–Crippen MR) is 163 cm³/mol. The molecule has 4 fully saturated rings. The van der Waals surface area contributed by atoms with E-state index in [1.165, 1.54) is 71.8 Å². The van der Waals surface area contributed by atoms with Gasteiger partial charge in [0, 0.05) is 30.9 Å². The molecule has 2 aliphatic heterocycles. The Bertz CT molecular complexity index is 1220. The highest BCUT2D eigenvalue weighted by molar-refractivity contribution is 7.98. The minimum atomic E-state index is -0.697. The predicted octanol–water partition coefficient (Wildman–Crippen LogP) is 7.18. The number of carbonyl (C=O) groups is 2. The first kappa shape index (κ1) is 27.5. The summed E-state index contributed by atoms with van der Waals surface area (Å²) in [7, 11) is 5.02. The zero-order chi connectivity index (χ0) is 27.7. The molecule has 214 valence electrons. The lowest BCUT2D eigenvalue weighted by Gasteiger charge is -2.46. The second-order valence-corrected chi connectivity index (χ2v) is 15.9. The molecule has 0 aromatic carbocycles. The maximum absolute atomic E-state index is 13.2. The molecule has 0 unspecified atom stereocenters. The summed E-state index contributed by atoms with van der Waals surface area (Å²) < 4.78 is 0. The number of carbonyl (C=O) groups excluding carboxylic acids is 2. The van der Waals surface area contributed by atoms with Crippen LogP contribution in [0, 0.1) is 17.3 Å². The molecule has 3 saturated carbocycles. The Morgan fingerprint density at radius 3 is 2.13 bits per heavy atom. The number of anilines is 1. The molecule has 1 spiro atoms. The van der Waals surface area contributed by atoms with Crippen molar-refractivity contribution in [2.75, 3.05) is 19.0 Å². The Kier molecular flexibility index (Phi) is 7.07. The maximum atomic E-state index is 13.2. The molecule has 3 amide bonds. The summed E-state index contributed by atoms with van der Waals surface area (Å²) in [6.45, 7) is 7.14. The number of hydrogen-bond donors (Lipinski definition) is 1. The molecule has 1 aromatic heterocycles. The van der Waals surface area contributed by atoms with Gasteiger partial charge in [-0.3, -0.25) is 9.69 Å². The standard InChI is InChI=1S/C31H45N3O3S2/c1-19-6-8-21(9-7-19)26-34(22-12-16-31(17-13-22)28(36)32(4)29(37)33(31)5)23-18-24(38-25(23)27(35)39-26)20-10-14-30(2,3)15-11-20/h18-22,35H,6-17H2,1-5H3. The van der Waals surface area contributed by atoms with Gasteiger partial charge in [-0.1, -0.05) is 44.6 Å². The number of hydrogen-bond acceptors (Lipinski definition) is 4. The summed E-state index contributed by atoms with van der Waals surface area (Å²) in [5.74, 6) is 1.78. The Labute approximate surface area is 241 Å². The molecule has 0 radical (unpaired) electrons. The van der Waals surface area contributed by atoms with E-state index in [1.54, 1.807) is 29.9 Å². The zero-order valence-electron chi connectivity index (χ0n) is 24.3. The van der Waals surface area contributed by atoms with Gasteiger partial charge in [0.2, 0.25) is 0 Å². The van der Waals surface area contributed by atoms with E-state index in [2.05, 4.69) is 31.7 Å². The highest BCUT2D eigenvalue weighted by atomic mass is 32.1. The lowest BCUT2D eigenvalue weighted by Crippen LogP contribution is -2.55. The number of urea groups is 1. The van der Waals surface area contributed by atoms with Gasteiger partial charge in [-0.2, -0.15) is 0 Å². The van der Waals surface area contributed by atoms with Gasteiger partial charge in [0.1, 0.15) is 10.6 Å². The second-order valence-electron chi connectivity index (χ2n) is 13.8. The van der Waals surface area contributed by atoms with E-state index < -0.39 is 5.54 Å². The average molecular weight is 572 g/mol. The van der Waals surface area contributed by atoms with Gasteiger partial charge >= 0.3 is 6.03 Å². The summed E-state index contributed by atoms with van der Waals surface area (Å²) in [5, 5.41) is 11.8. The molecule has 0 bridgehead atoms. The summed E-state index contributed by atoms with van der Waals surface area (Å²) in [6.07, 6.45) is 12.9. The second kappa shape index (κ2) is 10.0. The van der Waals surface area contributed by atoms with Crippen LogP contribution in [0.3, 0.4) is 0 Å². The van der Waals surface area contributed by atoms with Crippen molar-refractivity contribution in [1.29, 1.82) is 0 Å². The minimum Gasteiger partial charge on any atom is -0.351 e. The van der Waals surface area contributed by atoms with E-state index in [4.69, 9.17) is 0 Å². The Balaban J connectivity index is 1.32. The first-order valence-corrected chi connectivity index (χ1v) is 16.7. The zero-order valence-corrected chi connectivity index (χ0v) is 25.9. The molecule has 6 rings (SSSR count). The van der Waals surface area contributed by atoms with Crippen molar-refractivity contribution in [3.8, 4) is 0 Å². The number of fused-ring (bicyclic) bond motifs is 1. The molecule has 1 aromatic rings. The summed E-state index contributed by atoms with van der Waals surface area (Å²) in [6, 6.07) is 2.51. The van der Waals surface area contributed by atoms with Gasteiger partial charge in [-0.25, -0.2) is 4.79 Å². The molecule has 1 saturated heterocycles. The summed E-state index contributed by atoms with van der Waals surface area (Å²) in [5.41, 5.74) is 0.934. The molecule has 6 nitrogen and oxygen atoms in total. The van der Waals surface area contributed by atoms with Gasteiger partial charge in [0.05, 0.1) is 15.6 Å². The fourth-order valence-corrected chi connectivity index (χ4v) is 10.5. The van der Waals surface area contributed by atoms with Crippen LogP contribution in [0.5, 0.6) is 0 Å². The van der Waals surface area contributed by atoms with Crippen molar-refractivity contribution in [1.82, 2.24) is 9.80 Å². The minimum absolute atomic E-state index is 0.0448. The van der Waals surface area contributed by atoms with Crippen molar-refractivity contribution >= 4 is 49.9 Å². The molecule has 1 N–H and O–H groups in total. The van der Waals surface area contributed by atoms with Crippen LogP contribution in [-0.2, 0) is 4.79 Å². The van der Waals surface area contributed by atoms with Gasteiger partial charge < -0.3 is 14.9 Å².